The molecule has 0 atom stereocenters. The van der Waals surface area contributed by atoms with E-state index in [9.17, 15) is 18.0 Å². The molecule has 0 aliphatic heterocycles. The Morgan fingerprint density at radius 1 is 1.26 bits per heavy atom. The number of aryl methyl sites for hydroxylation is 1. The minimum Gasteiger partial charge on any atom is -0.357 e. The normalized spacial score (nSPS) is 21.4. The summed E-state index contributed by atoms with van der Waals surface area (Å²) in [7, 11) is 1.84. The summed E-state index contributed by atoms with van der Waals surface area (Å²) in [6.45, 7) is 0. The van der Waals surface area contributed by atoms with Crippen molar-refractivity contribution in [3.8, 4) is 5.69 Å². The first-order valence-electron chi connectivity index (χ1n) is 9.71. The predicted molar refractivity (Wildman–Crippen MR) is 108 cm³/mol. The predicted octanol–water partition coefficient (Wildman–Crippen LogP) is 2.87. The van der Waals surface area contributed by atoms with Gasteiger partial charge < -0.3 is 15.3 Å². The van der Waals surface area contributed by atoms with Gasteiger partial charge in [0.1, 0.15) is 17.7 Å². The second-order valence-electron chi connectivity index (χ2n) is 8.05. The van der Waals surface area contributed by atoms with Gasteiger partial charge in [0.05, 0.1) is 11.0 Å². The number of hydrogen-bond acceptors (Lipinski definition) is 4. The summed E-state index contributed by atoms with van der Waals surface area (Å²) in [4.78, 5) is 15.6. The second kappa shape index (κ2) is 6.55. The third-order valence-corrected chi connectivity index (χ3v) is 6.07. The molecule has 0 radical (unpaired) electrons. The third-order valence-electron chi connectivity index (χ3n) is 6.07. The van der Waals surface area contributed by atoms with Crippen molar-refractivity contribution in [3.63, 3.8) is 0 Å². The van der Waals surface area contributed by atoms with Gasteiger partial charge in [-0.1, -0.05) is 12.1 Å². The highest BCUT2D eigenvalue weighted by molar-refractivity contribution is 5.82. The number of H-pyrrole nitrogens is 1. The van der Waals surface area contributed by atoms with Crippen LogP contribution in [0.4, 0.5) is 13.2 Å². The minimum absolute atomic E-state index is 0.0184. The van der Waals surface area contributed by atoms with E-state index in [0.29, 0.717) is 18.5 Å². The number of aromatic amines is 1. The van der Waals surface area contributed by atoms with Crippen molar-refractivity contribution in [2.24, 2.45) is 12.8 Å². The summed E-state index contributed by atoms with van der Waals surface area (Å²) in [5, 5.41) is 8.08. The van der Waals surface area contributed by atoms with Crippen LogP contribution in [-0.4, -0.2) is 30.4 Å². The molecule has 0 amide bonds. The van der Waals surface area contributed by atoms with Gasteiger partial charge in [-0.15, -0.1) is 10.2 Å². The first-order chi connectivity index (χ1) is 14.7. The Kier molecular flexibility index (Phi) is 4.13. The lowest BCUT2D eigenvalue weighted by atomic mass is 9.61. The molecular weight excluding hydrogens is 409 g/mol. The number of rotatable bonds is 3. The van der Waals surface area contributed by atoms with Gasteiger partial charge in [-0.3, -0.25) is 9.36 Å². The van der Waals surface area contributed by atoms with E-state index in [4.69, 9.17) is 5.73 Å². The van der Waals surface area contributed by atoms with Gasteiger partial charge in [-0.05, 0) is 36.6 Å². The van der Waals surface area contributed by atoms with Gasteiger partial charge >= 0.3 is 6.18 Å². The zero-order valence-electron chi connectivity index (χ0n) is 16.5. The summed E-state index contributed by atoms with van der Waals surface area (Å²) in [5.74, 6) is 0.731. The summed E-state index contributed by atoms with van der Waals surface area (Å²) in [5.41, 5.74) is 5.24. The fraction of sp³-hybridized carbons (Fsp3) is 0.286. The van der Waals surface area contributed by atoms with Crippen molar-refractivity contribution in [1.82, 2.24) is 24.3 Å². The quantitative estimate of drug-likeness (QED) is 0.525. The summed E-state index contributed by atoms with van der Waals surface area (Å²) >= 11 is 0. The Morgan fingerprint density at radius 3 is 2.68 bits per heavy atom. The van der Waals surface area contributed by atoms with Crippen LogP contribution in [0.5, 0.6) is 0 Å². The molecule has 0 saturated heterocycles. The monoisotopic (exact) mass is 428 g/mol. The molecule has 1 aromatic carbocycles. The Labute approximate surface area is 174 Å². The zero-order chi connectivity index (χ0) is 22.0. The van der Waals surface area contributed by atoms with Gasteiger partial charge in [0, 0.05) is 36.6 Å². The van der Waals surface area contributed by atoms with Crippen LogP contribution in [0.3, 0.4) is 0 Å². The highest BCUT2D eigenvalue weighted by atomic mass is 19.4. The van der Waals surface area contributed by atoms with Gasteiger partial charge in [0.15, 0.2) is 0 Å². The maximum atomic E-state index is 13.7. The Balaban J connectivity index is 1.70. The van der Waals surface area contributed by atoms with E-state index in [0.717, 1.165) is 22.2 Å². The van der Waals surface area contributed by atoms with Crippen LogP contribution in [0, 0.1) is 0 Å². The SMILES string of the molecule is Cn1cnnc1C1(c2cccc(-n3cc(C(F)(F)F)c4cc[nH]c4c3=O)c2)CC(N)C1. The molecule has 0 bridgehead atoms. The van der Waals surface area contributed by atoms with Gasteiger partial charge in [-0.2, -0.15) is 13.2 Å². The number of alkyl halides is 3. The average Bonchev–Trinajstić information content (AvgIpc) is 3.34. The molecule has 0 spiro atoms. The number of halogens is 3. The molecule has 3 N–H and O–H groups in total. The van der Waals surface area contributed by atoms with Crippen LogP contribution < -0.4 is 11.3 Å². The van der Waals surface area contributed by atoms with Crippen molar-refractivity contribution in [1.29, 1.82) is 0 Å². The molecule has 4 aromatic rings. The Hall–Kier alpha value is -3.40. The van der Waals surface area contributed by atoms with E-state index in [1.165, 1.54) is 12.3 Å². The number of fused-ring (bicyclic) bond motifs is 1. The van der Waals surface area contributed by atoms with Crippen LogP contribution in [0.1, 0.15) is 29.8 Å². The lowest BCUT2D eigenvalue weighted by Crippen LogP contribution is -2.51. The van der Waals surface area contributed by atoms with Crippen LogP contribution in [0.2, 0.25) is 0 Å². The van der Waals surface area contributed by atoms with Crippen molar-refractivity contribution in [2.75, 3.05) is 0 Å². The molecule has 1 aliphatic rings. The molecule has 1 saturated carbocycles. The lowest BCUT2D eigenvalue weighted by molar-refractivity contribution is -0.136. The van der Waals surface area contributed by atoms with Crippen LogP contribution in [0.25, 0.3) is 16.6 Å². The van der Waals surface area contributed by atoms with Crippen LogP contribution in [0.15, 0.2) is 53.8 Å². The Bertz CT molecular complexity index is 1340. The number of benzene rings is 1. The highest BCUT2D eigenvalue weighted by Gasteiger charge is 2.48. The highest BCUT2D eigenvalue weighted by Crippen LogP contribution is 2.47. The minimum atomic E-state index is -4.60. The molecule has 31 heavy (non-hydrogen) atoms. The van der Waals surface area contributed by atoms with Crippen molar-refractivity contribution in [2.45, 2.75) is 30.5 Å². The zero-order valence-corrected chi connectivity index (χ0v) is 16.5. The van der Waals surface area contributed by atoms with Crippen molar-refractivity contribution in [3.05, 3.63) is 76.4 Å². The van der Waals surface area contributed by atoms with E-state index in [-0.39, 0.29) is 16.9 Å². The van der Waals surface area contributed by atoms with Crippen molar-refractivity contribution >= 4 is 10.9 Å². The number of pyridine rings is 1. The fourth-order valence-electron chi connectivity index (χ4n) is 4.62. The molecule has 160 valence electrons. The molecule has 3 aromatic heterocycles. The smallest absolute Gasteiger partial charge is 0.357 e. The maximum absolute atomic E-state index is 13.7. The standard InChI is InChI=1S/C21H19F3N6O/c1-29-11-27-28-19(29)20(8-13(25)9-20)12-3-2-4-14(7-12)30-10-16(21(22,23)24)15-5-6-26-17(15)18(30)31/h2-7,10-11,13,26H,8-9,25H2,1H3. The fourth-order valence-corrected chi connectivity index (χ4v) is 4.62. The number of nitrogens with zero attached hydrogens (tertiary/aromatic N) is 4. The van der Waals surface area contributed by atoms with E-state index >= 15 is 0 Å². The molecule has 5 rings (SSSR count). The lowest BCUT2D eigenvalue weighted by Gasteiger charge is -2.45. The molecule has 7 nitrogen and oxygen atoms in total. The number of nitrogens with one attached hydrogen (secondary N) is 1. The molecule has 0 unspecified atom stereocenters. The van der Waals surface area contributed by atoms with E-state index in [1.807, 2.05) is 17.7 Å². The first kappa shape index (κ1) is 19.6. The van der Waals surface area contributed by atoms with Gasteiger partial charge in [0.2, 0.25) is 0 Å². The summed E-state index contributed by atoms with van der Waals surface area (Å²) < 4.78 is 43.9. The maximum Gasteiger partial charge on any atom is 0.418 e. The topological polar surface area (TPSA) is 94.5 Å². The number of aromatic nitrogens is 5. The van der Waals surface area contributed by atoms with Gasteiger partial charge in [-0.25, -0.2) is 0 Å². The molecule has 1 fully saturated rings. The number of nitrogens with two attached hydrogens (primary N) is 1. The third kappa shape index (κ3) is 2.89. The van der Waals surface area contributed by atoms with Gasteiger partial charge in [0.25, 0.3) is 5.56 Å². The Morgan fingerprint density at radius 2 is 2.03 bits per heavy atom. The largest absolute Gasteiger partial charge is 0.418 e. The molecular formula is C21H19F3N6O. The van der Waals surface area contributed by atoms with Crippen LogP contribution in [-0.2, 0) is 18.6 Å². The van der Waals surface area contributed by atoms with E-state index in [2.05, 4.69) is 15.2 Å². The second-order valence-corrected chi connectivity index (χ2v) is 8.05. The summed E-state index contributed by atoms with van der Waals surface area (Å²) in [6.07, 6.45) is 0.445. The van der Waals surface area contributed by atoms with Crippen LogP contribution >= 0.6 is 0 Å². The average molecular weight is 428 g/mol. The van der Waals surface area contributed by atoms with E-state index in [1.54, 1.807) is 24.5 Å². The molecule has 10 heteroatoms. The summed E-state index contributed by atoms with van der Waals surface area (Å²) in [6, 6.07) is 8.20. The number of hydrogen-bond donors (Lipinski definition) is 2. The van der Waals surface area contributed by atoms with E-state index < -0.39 is 22.7 Å². The molecule has 3 heterocycles. The first-order valence-corrected chi connectivity index (χ1v) is 9.71. The van der Waals surface area contributed by atoms with Crippen molar-refractivity contribution < 1.29 is 13.2 Å². The molecule has 1 aliphatic carbocycles.